The molecule has 2 aromatic rings. The van der Waals surface area contributed by atoms with Crippen LogP contribution < -0.4 is 17.1 Å². The Balaban J connectivity index is 2.82. The van der Waals surface area contributed by atoms with Gasteiger partial charge in [-0.1, -0.05) is 4.49 Å². The van der Waals surface area contributed by atoms with Crippen molar-refractivity contribution in [3.05, 3.63) is 15.9 Å². The third-order valence-electron chi connectivity index (χ3n) is 2.13. The molecule has 0 aliphatic heterocycles. The maximum absolute atomic E-state index is 11.7. The quantitative estimate of drug-likeness (QED) is 0.538. The number of carbonyl (C=O) groups is 1. The van der Waals surface area contributed by atoms with E-state index in [4.69, 9.17) is 16.3 Å². The number of carbonyl (C=O) groups excluding carboxylic acids is 1. The Hall–Kier alpha value is -2.16. The van der Waals surface area contributed by atoms with Crippen LogP contribution in [0, 0.1) is 0 Å². The number of ether oxygens (including phenoxy) is 1. The molecule has 0 fully saturated rings. The molecule has 2 heterocycles. The zero-order chi connectivity index (χ0) is 12.6. The molecule has 0 unspecified atom stereocenters. The minimum absolute atomic E-state index is 0.00903. The summed E-state index contributed by atoms with van der Waals surface area (Å²) in [5, 5.41) is 3.62. The van der Waals surface area contributed by atoms with Gasteiger partial charge in [-0.2, -0.15) is 0 Å². The highest BCUT2D eigenvalue weighted by molar-refractivity contribution is 7.13. The van der Waals surface area contributed by atoms with Crippen LogP contribution in [-0.2, 0) is 4.74 Å². The van der Waals surface area contributed by atoms with Gasteiger partial charge in [-0.25, -0.2) is 9.47 Å². The molecule has 2 rings (SSSR count). The van der Waals surface area contributed by atoms with Gasteiger partial charge in [0, 0.05) is 0 Å². The number of nitrogens with two attached hydrogens (primary N) is 2. The van der Waals surface area contributed by atoms with Crippen LogP contribution in [0.1, 0.15) is 17.3 Å². The predicted molar refractivity (Wildman–Crippen MR) is 62.2 cm³/mol. The molecule has 0 aliphatic carbocycles. The molecule has 0 saturated heterocycles. The van der Waals surface area contributed by atoms with Crippen molar-refractivity contribution in [3.63, 3.8) is 0 Å². The van der Waals surface area contributed by atoms with Crippen molar-refractivity contribution >= 4 is 33.5 Å². The van der Waals surface area contributed by atoms with E-state index in [1.54, 1.807) is 6.92 Å². The molecule has 4 N–H and O–H groups in total. The summed E-state index contributed by atoms with van der Waals surface area (Å²) >= 11 is 0.894. The van der Waals surface area contributed by atoms with Gasteiger partial charge in [0.15, 0.2) is 5.52 Å². The first kappa shape index (κ1) is 11.3. The van der Waals surface area contributed by atoms with E-state index in [0.29, 0.717) is 4.68 Å². The van der Waals surface area contributed by atoms with Crippen LogP contribution in [0.2, 0.25) is 0 Å². The average Bonchev–Trinajstić information content (AvgIpc) is 2.75. The molecule has 0 bridgehead atoms. The molecule has 0 aromatic carbocycles. The van der Waals surface area contributed by atoms with Crippen molar-refractivity contribution in [3.8, 4) is 0 Å². The van der Waals surface area contributed by atoms with Gasteiger partial charge in [0.2, 0.25) is 0 Å². The summed E-state index contributed by atoms with van der Waals surface area (Å²) in [6, 6.07) is 0. The van der Waals surface area contributed by atoms with E-state index in [0.717, 1.165) is 11.5 Å². The zero-order valence-electron chi connectivity index (χ0n) is 8.84. The minimum Gasteiger partial charge on any atom is -0.462 e. The topological polar surface area (TPSA) is 126 Å². The molecule has 90 valence electrons. The van der Waals surface area contributed by atoms with Crippen LogP contribution in [0.4, 0.5) is 5.82 Å². The highest BCUT2D eigenvalue weighted by Crippen LogP contribution is 2.23. The van der Waals surface area contributed by atoms with Crippen LogP contribution in [0.15, 0.2) is 4.79 Å². The van der Waals surface area contributed by atoms with Crippen LogP contribution in [0.5, 0.6) is 0 Å². The van der Waals surface area contributed by atoms with Crippen molar-refractivity contribution in [1.29, 1.82) is 0 Å². The lowest BCUT2D eigenvalue weighted by molar-refractivity contribution is 0.0529. The van der Waals surface area contributed by atoms with Crippen molar-refractivity contribution < 1.29 is 9.53 Å². The molecule has 8 nitrogen and oxygen atoms in total. The van der Waals surface area contributed by atoms with Gasteiger partial charge in [-0.15, -0.1) is 5.10 Å². The van der Waals surface area contributed by atoms with Gasteiger partial charge in [0.25, 0.3) is 5.56 Å². The number of pyridine rings is 1. The zero-order valence-corrected chi connectivity index (χ0v) is 9.65. The Labute approximate surface area is 98.9 Å². The normalized spacial score (nSPS) is 10.6. The number of hydrogen-bond donors (Lipinski definition) is 2. The number of nitrogens with zero attached hydrogens (tertiary/aromatic N) is 3. The highest BCUT2D eigenvalue weighted by atomic mass is 32.1. The Kier molecular flexibility index (Phi) is 2.68. The van der Waals surface area contributed by atoms with Gasteiger partial charge in [0.1, 0.15) is 11.4 Å². The van der Waals surface area contributed by atoms with E-state index in [1.807, 2.05) is 0 Å². The van der Waals surface area contributed by atoms with Gasteiger partial charge in [-0.05, 0) is 18.5 Å². The Morgan fingerprint density at radius 1 is 1.59 bits per heavy atom. The van der Waals surface area contributed by atoms with Crippen molar-refractivity contribution in [2.45, 2.75) is 6.92 Å². The first-order valence-electron chi connectivity index (χ1n) is 4.66. The van der Waals surface area contributed by atoms with Crippen LogP contribution >= 0.6 is 11.5 Å². The number of rotatable bonds is 2. The number of aromatic nitrogens is 3. The Morgan fingerprint density at radius 2 is 2.29 bits per heavy atom. The van der Waals surface area contributed by atoms with E-state index >= 15 is 0 Å². The fraction of sp³-hybridized carbons (Fsp3) is 0.250. The first-order valence-corrected chi connectivity index (χ1v) is 5.44. The third-order valence-corrected chi connectivity index (χ3v) is 2.88. The highest BCUT2D eigenvalue weighted by Gasteiger charge is 2.22. The SMILES string of the molecule is CCOC(=O)c1c(N)n(N)c(=O)c2nnsc12. The summed E-state index contributed by atoms with van der Waals surface area (Å²) in [6.07, 6.45) is 0. The van der Waals surface area contributed by atoms with Gasteiger partial charge in [-0.3, -0.25) is 4.79 Å². The molecule has 0 amide bonds. The van der Waals surface area contributed by atoms with E-state index in [9.17, 15) is 9.59 Å². The van der Waals surface area contributed by atoms with E-state index in [1.165, 1.54) is 0 Å². The summed E-state index contributed by atoms with van der Waals surface area (Å²) in [6.45, 7) is 1.85. The lowest BCUT2D eigenvalue weighted by atomic mass is 10.2. The third kappa shape index (κ3) is 1.60. The summed E-state index contributed by atoms with van der Waals surface area (Å²) in [5.41, 5.74) is 5.07. The molecule has 0 atom stereocenters. The van der Waals surface area contributed by atoms with Crippen molar-refractivity contribution in [2.75, 3.05) is 18.2 Å². The number of hydrogen-bond acceptors (Lipinski definition) is 8. The van der Waals surface area contributed by atoms with Crippen molar-refractivity contribution in [2.24, 2.45) is 0 Å². The Morgan fingerprint density at radius 3 is 2.94 bits per heavy atom. The molecular weight excluding hydrogens is 246 g/mol. The number of anilines is 1. The fourth-order valence-electron chi connectivity index (χ4n) is 1.36. The van der Waals surface area contributed by atoms with E-state index < -0.39 is 11.5 Å². The van der Waals surface area contributed by atoms with Crippen LogP contribution in [0.25, 0.3) is 10.2 Å². The summed E-state index contributed by atoms with van der Waals surface area (Å²) in [4.78, 5) is 23.4. The first-order chi connectivity index (χ1) is 8.07. The summed E-state index contributed by atoms with van der Waals surface area (Å²) in [5.74, 6) is 4.64. The van der Waals surface area contributed by atoms with Crippen LogP contribution in [0.3, 0.4) is 0 Å². The number of nitrogen functional groups attached to an aromatic ring is 2. The average molecular weight is 255 g/mol. The van der Waals surface area contributed by atoms with Crippen LogP contribution in [-0.4, -0.2) is 26.8 Å². The second-order valence-corrected chi connectivity index (χ2v) is 3.86. The predicted octanol–water partition coefficient (Wildman–Crippen LogP) is -0.674. The number of fused-ring (bicyclic) bond motifs is 1. The molecule has 17 heavy (non-hydrogen) atoms. The maximum Gasteiger partial charge on any atom is 0.343 e. The monoisotopic (exact) mass is 255 g/mol. The standard InChI is InChI=1S/C8H9N5O3S/c1-2-16-8(15)3-5-4(11-12-17-5)7(14)13(10)6(3)9/h2,9-10H2,1H3. The molecule has 2 aromatic heterocycles. The van der Waals surface area contributed by atoms with E-state index in [-0.39, 0.29) is 28.2 Å². The fourth-order valence-corrected chi connectivity index (χ4v) is 2.05. The second-order valence-electron chi connectivity index (χ2n) is 3.11. The molecular formula is C8H9N5O3S. The molecule has 0 spiro atoms. The lowest BCUT2D eigenvalue weighted by Gasteiger charge is -2.08. The minimum atomic E-state index is -0.653. The molecule has 9 heteroatoms. The van der Waals surface area contributed by atoms with E-state index in [2.05, 4.69) is 9.59 Å². The van der Waals surface area contributed by atoms with Crippen molar-refractivity contribution in [1.82, 2.24) is 14.3 Å². The molecule has 0 aliphatic rings. The van der Waals surface area contributed by atoms with Gasteiger partial charge >= 0.3 is 5.97 Å². The molecule has 0 saturated carbocycles. The van der Waals surface area contributed by atoms with Gasteiger partial charge in [0.05, 0.1) is 11.3 Å². The Bertz CT molecular complexity index is 646. The number of esters is 1. The summed E-state index contributed by atoms with van der Waals surface area (Å²) in [7, 11) is 0. The smallest absolute Gasteiger partial charge is 0.343 e. The van der Waals surface area contributed by atoms with Gasteiger partial charge < -0.3 is 16.3 Å². The molecule has 0 radical (unpaired) electrons. The largest absolute Gasteiger partial charge is 0.462 e. The second kappa shape index (κ2) is 4.01. The lowest BCUT2D eigenvalue weighted by Crippen LogP contribution is -2.32. The summed E-state index contributed by atoms with van der Waals surface area (Å²) < 4.78 is 9.40. The maximum atomic E-state index is 11.7.